The summed E-state index contributed by atoms with van der Waals surface area (Å²) in [5.41, 5.74) is 3.59. The van der Waals surface area contributed by atoms with Gasteiger partial charge in [-0.2, -0.15) is 0 Å². The van der Waals surface area contributed by atoms with Gasteiger partial charge in [-0.15, -0.1) is 0 Å². The second-order valence-electron chi connectivity index (χ2n) is 10.5. The molecule has 1 aromatic rings. The molecule has 246 valence electrons. The van der Waals surface area contributed by atoms with Crippen LogP contribution in [0.2, 0.25) is 0 Å². The van der Waals surface area contributed by atoms with Crippen LogP contribution in [0.4, 0.5) is 0 Å². The quantitative estimate of drug-likeness (QED) is 0.115. The number of carbonyl (C=O) groups is 5. The van der Waals surface area contributed by atoms with Crippen LogP contribution in [-0.4, -0.2) is 115 Å². The minimum atomic E-state index is -2.20. The molecule has 0 saturated carbocycles. The molecule has 8 atom stereocenters. The molecule has 2 bridgehead atoms. The minimum absolute atomic E-state index is 0.000642. The number of fused-ring (bicyclic) bond motifs is 2. The zero-order valence-corrected chi connectivity index (χ0v) is 25.3. The molecule has 17 nitrogen and oxygen atoms in total. The molecule has 0 fully saturated rings. The highest BCUT2D eigenvalue weighted by atomic mass is 32.2. The minimum Gasteiger partial charge on any atom is -0.504 e. The van der Waals surface area contributed by atoms with Crippen molar-refractivity contribution >= 4 is 40.5 Å². The van der Waals surface area contributed by atoms with E-state index in [2.05, 4.69) is 21.3 Å². The average Bonchev–Trinajstić information content (AvgIpc) is 2.94. The summed E-state index contributed by atoms with van der Waals surface area (Å²) in [6.07, 6.45) is -3.70. The maximum atomic E-state index is 13.4. The van der Waals surface area contributed by atoms with Crippen LogP contribution in [0.25, 0.3) is 0 Å². The first-order valence-electron chi connectivity index (χ1n) is 13.5. The molecule has 0 radical (unpaired) electrons. The number of ether oxygens (including phenoxy) is 1. The Morgan fingerprint density at radius 2 is 1.82 bits per heavy atom. The molecular weight excluding hydrogens is 606 g/mol. The van der Waals surface area contributed by atoms with E-state index in [0.717, 1.165) is 12.1 Å². The monoisotopic (exact) mass is 645 g/mol. The highest BCUT2D eigenvalue weighted by Crippen LogP contribution is 2.39. The number of benzene rings is 1. The molecule has 44 heavy (non-hydrogen) atoms. The smallest absolute Gasteiger partial charge is 0.322 e. The number of carboxylic acid groups (broad SMARTS) is 2. The second-order valence-corrected chi connectivity index (χ2v) is 11.9. The van der Waals surface area contributed by atoms with Crippen molar-refractivity contribution in [2.24, 2.45) is 5.73 Å². The number of carbonyl (C=O) groups excluding carboxylic acids is 3. The van der Waals surface area contributed by atoms with Gasteiger partial charge in [0.1, 0.15) is 42.4 Å². The van der Waals surface area contributed by atoms with Crippen molar-refractivity contribution in [2.75, 3.05) is 19.3 Å². The molecule has 0 spiro atoms. The number of nitrogens with two attached hydrogens (primary N) is 1. The molecule has 0 saturated heterocycles. The highest BCUT2D eigenvalue weighted by molar-refractivity contribution is 7.85. The lowest BCUT2D eigenvalue weighted by Gasteiger charge is -2.37. The number of aliphatic hydroxyl groups excluding tert-OH is 2. The second kappa shape index (κ2) is 15.2. The Morgan fingerprint density at radius 3 is 2.36 bits per heavy atom. The molecule has 11 N–H and O–H groups in total. The Kier molecular flexibility index (Phi) is 12.6. The Hall–Kier alpha value is -3.84. The molecule has 3 amide bonds. The van der Waals surface area contributed by atoms with Crippen LogP contribution in [0, 0.1) is 0 Å². The van der Waals surface area contributed by atoms with Gasteiger partial charge in [-0.25, -0.2) is 0 Å². The third kappa shape index (κ3) is 8.85. The van der Waals surface area contributed by atoms with Gasteiger partial charge in [0.25, 0.3) is 0 Å². The number of nitrogens with one attached hydrogen (secondary N) is 4. The van der Waals surface area contributed by atoms with Crippen LogP contribution in [0.15, 0.2) is 17.0 Å². The van der Waals surface area contributed by atoms with Gasteiger partial charge in [0.05, 0.1) is 22.7 Å². The van der Waals surface area contributed by atoms with Crippen LogP contribution in [-0.2, 0) is 34.8 Å². The Bertz CT molecular complexity index is 1300. The lowest BCUT2D eigenvalue weighted by atomic mass is 9.91. The molecule has 2 unspecified atom stereocenters. The van der Waals surface area contributed by atoms with Crippen LogP contribution in [0.1, 0.15) is 45.3 Å². The summed E-state index contributed by atoms with van der Waals surface area (Å²) >= 11 is 0. The number of hydrogen-bond donors (Lipinski definition) is 10. The predicted octanol–water partition coefficient (Wildman–Crippen LogP) is -2.96. The van der Waals surface area contributed by atoms with E-state index in [1.54, 1.807) is 6.92 Å². The highest BCUT2D eigenvalue weighted by Gasteiger charge is 2.44. The third-order valence-corrected chi connectivity index (χ3v) is 8.65. The van der Waals surface area contributed by atoms with Crippen LogP contribution in [0.5, 0.6) is 11.5 Å². The molecule has 0 aliphatic carbocycles. The van der Waals surface area contributed by atoms with E-state index in [9.17, 15) is 43.5 Å². The summed E-state index contributed by atoms with van der Waals surface area (Å²) in [5.74, 6) is -6.97. The van der Waals surface area contributed by atoms with Gasteiger partial charge in [-0.05, 0) is 33.4 Å². The topological polar surface area (TPSA) is 287 Å². The van der Waals surface area contributed by atoms with Gasteiger partial charge in [-0.3, -0.25) is 28.2 Å². The SMILES string of the molecule is CC[C@@]1(C)Oc2cc(c(S(=O)C[C@@H](O)C[C@H](N)C(=O)O)cc2O)[C@@H](O)C(NC)C(=O)N[C@@H](C)C(=O)N[C@@H]1C(=O)NCC(=O)O. The summed E-state index contributed by atoms with van der Waals surface area (Å²) in [6.45, 7) is 3.51. The molecular formula is C26H39N5O12S. The first-order chi connectivity index (χ1) is 20.4. The van der Waals surface area contributed by atoms with Crippen molar-refractivity contribution in [2.45, 2.75) is 80.5 Å². The van der Waals surface area contributed by atoms with E-state index in [4.69, 9.17) is 20.7 Å². The number of amides is 3. The number of phenols is 1. The van der Waals surface area contributed by atoms with Crippen molar-refractivity contribution in [1.82, 2.24) is 21.3 Å². The fraction of sp³-hybridized carbons (Fsp3) is 0.577. The number of carboxylic acids is 2. The van der Waals surface area contributed by atoms with E-state index < -0.39 is 107 Å². The van der Waals surface area contributed by atoms with Crippen molar-refractivity contribution in [1.29, 1.82) is 0 Å². The van der Waals surface area contributed by atoms with Gasteiger partial charge in [0.15, 0.2) is 11.5 Å². The summed E-state index contributed by atoms with van der Waals surface area (Å²) in [5, 5.41) is 60.3. The fourth-order valence-electron chi connectivity index (χ4n) is 4.40. The number of aromatic hydroxyl groups is 1. The van der Waals surface area contributed by atoms with E-state index >= 15 is 0 Å². The first-order valence-corrected chi connectivity index (χ1v) is 14.8. The van der Waals surface area contributed by atoms with E-state index in [-0.39, 0.29) is 22.6 Å². The maximum absolute atomic E-state index is 13.4. The molecule has 1 aliphatic heterocycles. The van der Waals surface area contributed by atoms with Crippen molar-refractivity contribution < 1.29 is 58.5 Å². The summed E-state index contributed by atoms with van der Waals surface area (Å²) in [4.78, 5) is 61.3. The number of phenolic OH excluding ortho intramolecular Hbond substituents is 1. The number of aliphatic carboxylic acids is 2. The average molecular weight is 646 g/mol. The molecule has 2 rings (SSSR count). The van der Waals surface area contributed by atoms with Gasteiger partial charge in [0, 0.05) is 22.9 Å². The number of aliphatic hydroxyl groups is 2. The third-order valence-electron chi connectivity index (χ3n) is 7.12. The largest absolute Gasteiger partial charge is 0.504 e. The fourth-order valence-corrected chi connectivity index (χ4v) is 5.75. The molecule has 1 aromatic carbocycles. The van der Waals surface area contributed by atoms with Gasteiger partial charge < -0.3 is 57.3 Å². The van der Waals surface area contributed by atoms with Gasteiger partial charge in [-0.1, -0.05) is 6.92 Å². The lowest BCUT2D eigenvalue weighted by molar-refractivity contribution is -0.140. The van der Waals surface area contributed by atoms with Crippen molar-refractivity contribution in [3.8, 4) is 11.5 Å². The number of hydrogen-bond acceptors (Lipinski definition) is 12. The standard InChI is InChI=1S/C26H39N5O12S/c1-5-26(3)21(24(39)29-9-18(34)35)31-22(37)11(2)30-23(38)19(28-4)20(36)13-7-16(43-26)15(33)8-17(13)44(42)10-12(32)6-14(27)25(40)41/h7-8,11-12,14,19-21,28,32-33,36H,5-6,9-10,27H2,1-4H3,(H,29,39)(H,30,38)(H,31,37)(H,34,35)(H,40,41)/t11-,12-,14-,19?,20+,21+,26+,44?/m0/s1. The van der Waals surface area contributed by atoms with Crippen molar-refractivity contribution in [3.63, 3.8) is 0 Å². The predicted molar refractivity (Wildman–Crippen MR) is 153 cm³/mol. The molecule has 1 heterocycles. The number of likely N-dealkylation sites (N-methyl/N-ethyl adjacent to an activating group) is 1. The van der Waals surface area contributed by atoms with Crippen LogP contribution < -0.4 is 31.7 Å². The Balaban J connectivity index is 2.71. The van der Waals surface area contributed by atoms with E-state index in [1.165, 1.54) is 20.9 Å². The Labute approximate surface area is 255 Å². The van der Waals surface area contributed by atoms with Gasteiger partial charge >= 0.3 is 11.9 Å². The Morgan fingerprint density at radius 1 is 1.18 bits per heavy atom. The van der Waals surface area contributed by atoms with E-state index in [1.807, 2.05) is 0 Å². The lowest BCUT2D eigenvalue weighted by Crippen LogP contribution is -2.64. The van der Waals surface area contributed by atoms with Crippen LogP contribution >= 0.6 is 0 Å². The summed E-state index contributed by atoms with van der Waals surface area (Å²) in [7, 11) is -0.866. The van der Waals surface area contributed by atoms with Gasteiger partial charge in [0.2, 0.25) is 17.7 Å². The first kappa shape index (κ1) is 36.4. The molecule has 0 aromatic heterocycles. The zero-order chi connectivity index (χ0) is 33.5. The van der Waals surface area contributed by atoms with Crippen LogP contribution in [0.3, 0.4) is 0 Å². The summed E-state index contributed by atoms with van der Waals surface area (Å²) in [6, 6.07) is -3.70. The zero-order valence-electron chi connectivity index (χ0n) is 24.5. The normalized spacial score (nSPS) is 26.2. The summed E-state index contributed by atoms with van der Waals surface area (Å²) < 4.78 is 19.5. The molecule has 1 aliphatic rings. The molecule has 18 heteroatoms. The van der Waals surface area contributed by atoms with E-state index in [0.29, 0.717) is 0 Å². The number of rotatable bonds is 11. The van der Waals surface area contributed by atoms with Crippen molar-refractivity contribution in [3.05, 3.63) is 17.7 Å². The maximum Gasteiger partial charge on any atom is 0.322 e.